The van der Waals surface area contributed by atoms with Crippen LogP contribution >= 0.6 is 0 Å². The molecule has 1 atom stereocenters. The standard InChI is InChI=1S/C28H29N7O/c1-3-26(36)34-33-23-8-4-6-19(16-23)25-9-5-7-20-17-29-28(32-27(20)25)31-22-12-10-21(11-13-22)30-24-14-15-35(2)18-24/h3-13,16-17,24,30,33H,1,14-15,18H2,2H3,(H,34,36)(H,29,31,32). The normalized spacial score (nSPS) is 15.4. The van der Waals surface area contributed by atoms with Crippen LogP contribution in [-0.4, -0.2) is 47.0 Å². The Balaban J connectivity index is 1.35. The topological polar surface area (TPSA) is 94.2 Å². The van der Waals surface area contributed by atoms with E-state index in [9.17, 15) is 4.79 Å². The predicted octanol–water partition coefficient (Wildman–Crippen LogP) is 4.79. The van der Waals surface area contributed by atoms with Gasteiger partial charge in [-0.15, -0.1) is 0 Å². The highest BCUT2D eigenvalue weighted by molar-refractivity contribution is 5.94. The van der Waals surface area contributed by atoms with Crippen LogP contribution < -0.4 is 21.5 Å². The van der Waals surface area contributed by atoms with Crippen LogP contribution in [-0.2, 0) is 4.79 Å². The Morgan fingerprint density at radius 3 is 2.64 bits per heavy atom. The fourth-order valence-electron chi connectivity index (χ4n) is 4.37. The third-order valence-electron chi connectivity index (χ3n) is 6.20. The molecule has 0 spiro atoms. The number of fused-ring (bicyclic) bond motifs is 1. The molecule has 8 heteroatoms. The molecule has 3 aromatic carbocycles. The Bertz CT molecular complexity index is 1390. The molecule has 2 heterocycles. The van der Waals surface area contributed by atoms with Crippen molar-refractivity contribution < 1.29 is 4.79 Å². The number of likely N-dealkylation sites (tertiary alicyclic amines) is 1. The average Bonchev–Trinajstić information content (AvgIpc) is 3.32. The summed E-state index contributed by atoms with van der Waals surface area (Å²) in [4.78, 5) is 23.2. The van der Waals surface area contributed by atoms with Gasteiger partial charge < -0.3 is 15.5 Å². The van der Waals surface area contributed by atoms with Crippen LogP contribution in [0.3, 0.4) is 0 Å². The minimum Gasteiger partial charge on any atom is -0.381 e. The van der Waals surface area contributed by atoms with Gasteiger partial charge in [-0.2, -0.15) is 0 Å². The largest absolute Gasteiger partial charge is 0.381 e. The molecule has 0 bridgehead atoms. The van der Waals surface area contributed by atoms with Crippen molar-refractivity contribution in [3.05, 3.63) is 85.6 Å². The quantitative estimate of drug-likeness (QED) is 0.213. The summed E-state index contributed by atoms with van der Waals surface area (Å²) in [6.07, 6.45) is 4.20. The zero-order valence-corrected chi connectivity index (χ0v) is 20.2. The Labute approximate surface area is 210 Å². The lowest BCUT2D eigenvalue weighted by Crippen LogP contribution is -2.27. The summed E-state index contributed by atoms with van der Waals surface area (Å²) in [7, 11) is 2.15. The van der Waals surface area contributed by atoms with Crippen molar-refractivity contribution in [1.29, 1.82) is 0 Å². The van der Waals surface area contributed by atoms with Gasteiger partial charge in [0, 0.05) is 41.1 Å². The van der Waals surface area contributed by atoms with E-state index < -0.39 is 0 Å². The van der Waals surface area contributed by atoms with E-state index in [0.717, 1.165) is 58.6 Å². The SMILES string of the molecule is C=CC(=O)NNc1cccc(-c2cccc3cnc(Nc4ccc(NC5CCN(C)C5)cc4)nc23)c1. The first-order valence-electron chi connectivity index (χ1n) is 11.9. The highest BCUT2D eigenvalue weighted by Gasteiger charge is 2.18. The summed E-state index contributed by atoms with van der Waals surface area (Å²) in [5.41, 5.74) is 11.0. The van der Waals surface area contributed by atoms with Crippen LogP contribution in [0.4, 0.5) is 23.0 Å². The zero-order chi connectivity index (χ0) is 24.9. The number of benzene rings is 3. The van der Waals surface area contributed by atoms with Crippen molar-refractivity contribution in [2.45, 2.75) is 12.5 Å². The third kappa shape index (κ3) is 5.45. The number of nitrogens with zero attached hydrogens (tertiary/aromatic N) is 3. The summed E-state index contributed by atoms with van der Waals surface area (Å²) in [6.45, 7) is 5.66. The Hall–Kier alpha value is -4.43. The van der Waals surface area contributed by atoms with Crippen LogP contribution in [0.5, 0.6) is 0 Å². The first kappa shape index (κ1) is 23.3. The lowest BCUT2D eigenvalue weighted by Gasteiger charge is -2.15. The van der Waals surface area contributed by atoms with E-state index in [1.165, 1.54) is 6.08 Å². The van der Waals surface area contributed by atoms with Crippen molar-refractivity contribution in [3.8, 4) is 11.1 Å². The summed E-state index contributed by atoms with van der Waals surface area (Å²) in [6, 6.07) is 22.5. The minimum atomic E-state index is -0.302. The molecule has 182 valence electrons. The summed E-state index contributed by atoms with van der Waals surface area (Å²) >= 11 is 0. The highest BCUT2D eigenvalue weighted by Crippen LogP contribution is 2.30. The molecule has 1 aliphatic heterocycles. The van der Waals surface area contributed by atoms with E-state index in [2.05, 4.69) is 57.1 Å². The first-order valence-corrected chi connectivity index (χ1v) is 11.9. The number of likely N-dealkylation sites (N-methyl/N-ethyl adjacent to an activating group) is 1. The number of amides is 1. The maximum atomic E-state index is 11.5. The van der Waals surface area contributed by atoms with Crippen molar-refractivity contribution >= 4 is 39.8 Å². The van der Waals surface area contributed by atoms with Crippen molar-refractivity contribution in [2.24, 2.45) is 0 Å². The van der Waals surface area contributed by atoms with Gasteiger partial charge >= 0.3 is 0 Å². The third-order valence-corrected chi connectivity index (χ3v) is 6.20. The molecule has 1 unspecified atom stereocenters. The maximum Gasteiger partial charge on any atom is 0.261 e. The van der Waals surface area contributed by atoms with Gasteiger partial charge in [-0.25, -0.2) is 9.97 Å². The van der Waals surface area contributed by atoms with Crippen molar-refractivity contribution in [2.75, 3.05) is 36.2 Å². The van der Waals surface area contributed by atoms with Gasteiger partial charge in [0.2, 0.25) is 5.95 Å². The smallest absolute Gasteiger partial charge is 0.261 e. The van der Waals surface area contributed by atoms with Crippen molar-refractivity contribution in [1.82, 2.24) is 20.3 Å². The molecule has 8 nitrogen and oxygen atoms in total. The second kappa shape index (κ2) is 10.5. The number of hydrazine groups is 1. The molecule has 1 aromatic heterocycles. The summed E-state index contributed by atoms with van der Waals surface area (Å²) in [5.74, 6) is 0.226. The molecule has 1 amide bonds. The Kier molecular flexibility index (Phi) is 6.77. The zero-order valence-electron chi connectivity index (χ0n) is 20.2. The molecule has 0 aliphatic carbocycles. The second-order valence-corrected chi connectivity index (χ2v) is 8.93. The number of para-hydroxylation sites is 1. The Morgan fingerprint density at radius 1 is 1.06 bits per heavy atom. The van der Waals surface area contributed by atoms with Gasteiger partial charge in [-0.1, -0.05) is 36.9 Å². The molecule has 1 aliphatic rings. The molecule has 0 radical (unpaired) electrons. The van der Waals surface area contributed by atoms with Gasteiger partial charge in [0.25, 0.3) is 5.91 Å². The number of nitrogens with one attached hydrogen (secondary N) is 4. The van der Waals surface area contributed by atoms with Gasteiger partial charge in [-0.3, -0.25) is 15.6 Å². The number of carbonyl (C=O) groups excluding carboxylic acids is 1. The fraction of sp³-hybridized carbons (Fsp3) is 0.179. The lowest BCUT2D eigenvalue weighted by atomic mass is 10.0. The predicted molar refractivity (Wildman–Crippen MR) is 146 cm³/mol. The van der Waals surface area contributed by atoms with Crippen LogP contribution in [0.25, 0.3) is 22.0 Å². The minimum absolute atomic E-state index is 0.302. The molecule has 36 heavy (non-hydrogen) atoms. The van der Waals surface area contributed by atoms with Crippen LogP contribution in [0, 0.1) is 0 Å². The molecule has 0 saturated carbocycles. The number of rotatable bonds is 8. The van der Waals surface area contributed by atoms with Gasteiger partial charge in [0.1, 0.15) is 0 Å². The molecule has 5 rings (SSSR count). The molecular weight excluding hydrogens is 450 g/mol. The van der Waals surface area contributed by atoms with Crippen LogP contribution in [0.2, 0.25) is 0 Å². The number of anilines is 4. The van der Waals surface area contributed by atoms with E-state index in [1.807, 2.05) is 60.8 Å². The summed E-state index contributed by atoms with van der Waals surface area (Å²) in [5, 5.41) is 7.87. The van der Waals surface area contributed by atoms with Crippen LogP contribution in [0.1, 0.15) is 6.42 Å². The van der Waals surface area contributed by atoms with Crippen molar-refractivity contribution in [3.63, 3.8) is 0 Å². The van der Waals surface area contributed by atoms with E-state index >= 15 is 0 Å². The van der Waals surface area contributed by atoms with Crippen LogP contribution in [0.15, 0.2) is 85.6 Å². The number of carbonyl (C=O) groups is 1. The summed E-state index contributed by atoms with van der Waals surface area (Å²) < 4.78 is 0. The highest BCUT2D eigenvalue weighted by atomic mass is 16.2. The van der Waals surface area contributed by atoms with E-state index in [0.29, 0.717) is 12.0 Å². The van der Waals surface area contributed by atoms with E-state index in [1.54, 1.807) is 0 Å². The molecule has 1 fully saturated rings. The van der Waals surface area contributed by atoms with E-state index in [-0.39, 0.29) is 5.91 Å². The monoisotopic (exact) mass is 479 g/mol. The molecule has 4 N–H and O–H groups in total. The fourth-order valence-corrected chi connectivity index (χ4v) is 4.37. The molecular formula is C28H29N7O. The molecule has 1 saturated heterocycles. The lowest BCUT2D eigenvalue weighted by molar-refractivity contribution is -0.116. The average molecular weight is 480 g/mol. The van der Waals surface area contributed by atoms with Gasteiger partial charge in [0.15, 0.2) is 0 Å². The van der Waals surface area contributed by atoms with Gasteiger partial charge in [0.05, 0.1) is 11.2 Å². The van der Waals surface area contributed by atoms with E-state index in [4.69, 9.17) is 4.98 Å². The van der Waals surface area contributed by atoms with Gasteiger partial charge in [-0.05, 0) is 68.1 Å². The first-order chi connectivity index (χ1) is 17.6. The Morgan fingerprint density at radius 2 is 1.86 bits per heavy atom. The molecule has 4 aromatic rings. The number of hydrogen-bond acceptors (Lipinski definition) is 7. The number of hydrogen-bond donors (Lipinski definition) is 4. The second-order valence-electron chi connectivity index (χ2n) is 8.93. The number of aromatic nitrogens is 2. The maximum absolute atomic E-state index is 11.5.